The molecule has 2 rings (SSSR count). The number of nitrogens with zero attached hydrogens (tertiary/aromatic N) is 1. The topological polar surface area (TPSA) is 50.8 Å². The van der Waals surface area contributed by atoms with Crippen LogP contribution in [0, 0.1) is 0 Å². The van der Waals surface area contributed by atoms with Crippen LogP contribution < -0.4 is 10.1 Å². The molecule has 0 aliphatic carbocycles. The van der Waals surface area contributed by atoms with Crippen molar-refractivity contribution in [3.8, 4) is 5.75 Å². The monoisotopic (exact) mass is 290 g/mol. The van der Waals surface area contributed by atoms with Crippen LogP contribution in [-0.2, 0) is 9.53 Å². The highest BCUT2D eigenvalue weighted by Gasteiger charge is 2.22. The summed E-state index contributed by atoms with van der Waals surface area (Å²) in [5.74, 6) is 0.830. The first-order chi connectivity index (χ1) is 10.2. The predicted octanol–water partition coefficient (Wildman–Crippen LogP) is 1.16. The van der Waals surface area contributed by atoms with Crippen molar-refractivity contribution >= 4 is 12.0 Å². The molecule has 5 heteroatoms. The lowest BCUT2D eigenvalue weighted by Crippen LogP contribution is -2.48. The summed E-state index contributed by atoms with van der Waals surface area (Å²) in [6.07, 6.45) is 3.51. The van der Waals surface area contributed by atoms with E-state index in [9.17, 15) is 4.79 Å². The Morgan fingerprint density at radius 1 is 1.48 bits per heavy atom. The standard InChI is InChI=1S/C16H22N2O3/c1-17-11-15-12-18(9-10-21-15)16(19)8-5-13-3-6-14(20-2)7-4-13/h3-8,15,17H,9-12H2,1-2H3/b8-5+. The van der Waals surface area contributed by atoms with E-state index in [-0.39, 0.29) is 12.0 Å². The molecule has 1 unspecified atom stereocenters. The zero-order valence-electron chi connectivity index (χ0n) is 12.5. The molecule has 1 aromatic carbocycles. The molecule has 1 atom stereocenters. The van der Waals surface area contributed by atoms with Gasteiger partial charge in [-0.15, -0.1) is 0 Å². The van der Waals surface area contributed by atoms with Crippen molar-refractivity contribution in [1.29, 1.82) is 0 Å². The first-order valence-electron chi connectivity index (χ1n) is 7.10. The third kappa shape index (κ3) is 4.58. The molecule has 21 heavy (non-hydrogen) atoms. The second kappa shape index (κ2) is 7.81. The van der Waals surface area contributed by atoms with Gasteiger partial charge in [0.05, 0.1) is 19.8 Å². The van der Waals surface area contributed by atoms with E-state index in [0.29, 0.717) is 19.7 Å². The number of ether oxygens (including phenoxy) is 2. The van der Waals surface area contributed by atoms with E-state index in [1.165, 1.54) is 0 Å². The summed E-state index contributed by atoms with van der Waals surface area (Å²) in [4.78, 5) is 14.0. The van der Waals surface area contributed by atoms with Crippen LogP contribution in [0.3, 0.4) is 0 Å². The van der Waals surface area contributed by atoms with Gasteiger partial charge in [0, 0.05) is 25.7 Å². The third-order valence-corrected chi connectivity index (χ3v) is 3.42. The number of rotatable bonds is 5. The highest BCUT2D eigenvalue weighted by atomic mass is 16.5. The Morgan fingerprint density at radius 2 is 2.24 bits per heavy atom. The minimum Gasteiger partial charge on any atom is -0.497 e. The zero-order chi connectivity index (χ0) is 15.1. The van der Waals surface area contributed by atoms with Gasteiger partial charge < -0.3 is 19.7 Å². The van der Waals surface area contributed by atoms with E-state index in [0.717, 1.165) is 17.9 Å². The molecule has 1 fully saturated rings. The Bertz CT molecular complexity index is 483. The Labute approximate surface area is 125 Å². The Morgan fingerprint density at radius 3 is 2.90 bits per heavy atom. The molecule has 1 N–H and O–H groups in total. The van der Waals surface area contributed by atoms with Crippen molar-refractivity contribution in [2.75, 3.05) is 40.4 Å². The maximum Gasteiger partial charge on any atom is 0.246 e. The van der Waals surface area contributed by atoms with Gasteiger partial charge in [0.25, 0.3) is 0 Å². The van der Waals surface area contributed by atoms with Gasteiger partial charge in [0.1, 0.15) is 5.75 Å². The summed E-state index contributed by atoms with van der Waals surface area (Å²) in [7, 11) is 3.52. The van der Waals surface area contributed by atoms with Crippen LogP contribution in [0.25, 0.3) is 6.08 Å². The van der Waals surface area contributed by atoms with E-state index in [2.05, 4.69) is 5.32 Å². The van der Waals surface area contributed by atoms with Gasteiger partial charge in [0.15, 0.2) is 0 Å². The van der Waals surface area contributed by atoms with Crippen LogP contribution in [0.1, 0.15) is 5.56 Å². The van der Waals surface area contributed by atoms with Crippen molar-refractivity contribution < 1.29 is 14.3 Å². The fourth-order valence-electron chi connectivity index (χ4n) is 2.26. The fourth-order valence-corrected chi connectivity index (χ4v) is 2.26. The summed E-state index contributed by atoms with van der Waals surface area (Å²) in [5.41, 5.74) is 0.976. The Kier molecular flexibility index (Phi) is 5.78. The van der Waals surface area contributed by atoms with Crippen molar-refractivity contribution in [3.05, 3.63) is 35.9 Å². The number of likely N-dealkylation sites (N-methyl/N-ethyl adjacent to an activating group) is 1. The van der Waals surface area contributed by atoms with Crippen LogP contribution in [0.15, 0.2) is 30.3 Å². The van der Waals surface area contributed by atoms with Crippen molar-refractivity contribution in [1.82, 2.24) is 10.2 Å². The lowest BCUT2D eigenvalue weighted by molar-refractivity contribution is -0.133. The summed E-state index contributed by atoms with van der Waals surface area (Å²) < 4.78 is 10.7. The molecule has 1 aliphatic rings. The van der Waals surface area contributed by atoms with Crippen molar-refractivity contribution in [2.24, 2.45) is 0 Å². The minimum absolute atomic E-state index is 0.0234. The van der Waals surface area contributed by atoms with Gasteiger partial charge in [-0.3, -0.25) is 4.79 Å². The van der Waals surface area contributed by atoms with E-state index in [1.807, 2.05) is 42.3 Å². The quantitative estimate of drug-likeness (QED) is 0.827. The van der Waals surface area contributed by atoms with Gasteiger partial charge in [-0.25, -0.2) is 0 Å². The normalized spacial score (nSPS) is 19.0. The largest absolute Gasteiger partial charge is 0.497 e. The number of carbonyl (C=O) groups is 1. The Hall–Kier alpha value is -1.85. The molecule has 0 spiro atoms. The third-order valence-electron chi connectivity index (χ3n) is 3.42. The number of carbonyl (C=O) groups excluding carboxylic acids is 1. The molecule has 5 nitrogen and oxygen atoms in total. The minimum atomic E-state index is 0.0234. The lowest BCUT2D eigenvalue weighted by atomic mass is 10.2. The fraction of sp³-hybridized carbons (Fsp3) is 0.438. The highest BCUT2D eigenvalue weighted by molar-refractivity contribution is 5.91. The number of amides is 1. The van der Waals surface area contributed by atoms with Crippen molar-refractivity contribution in [2.45, 2.75) is 6.10 Å². The molecule has 1 saturated heterocycles. The van der Waals surface area contributed by atoms with Crippen LogP contribution in [0.2, 0.25) is 0 Å². The van der Waals surface area contributed by atoms with Crippen LogP contribution in [0.4, 0.5) is 0 Å². The summed E-state index contributed by atoms with van der Waals surface area (Å²) in [6, 6.07) is 7.60. The van der Waals surface area contributed by atoms with Gasteiger partial charge in [-0.2, -0.15) is 0 Å². The summed E-state index contributed by atoms with van der Waals surface area (Å²) >= 11 is 0. The average Bonchev–Trinajstić information content (AvgIpc) is 2.53. The van der Waals surface area contributed by atoms with Crippen LogP contribution in [-0.4, -0.2) is 57.3 Å². The highest BCUT2D eigenvalue weighted by Crippen LogP contribution is 2.13. The van der Waals surface area contributed by atoms with Crippen LogP contribution in [0.5, 0.6) is 5.75 Å². The SMILES string of the molecule is CNCC1CN(C(=O)/C=C/c2ccc(OC)cc2)CCO1. The smallest absolute Gasteiger partial charge is 0.246 e. The number of methoxy groups -OCH3 is 1. The molecular formula is C16H22N2O3. The average molecular weight is 290 g/mol. The van der Waals surface area contributed by atoms with Gasteiger partial charge in [-0.1, -0.05) is 12.1 Å². The van der Waals surface area contributed by atoms with E-state index in [4.69, 9.17) is 9.47 Å². The molecule has 0 saturated carbocycles. The molecule has 1 amide bonds. The van der Waals surface area contributed by atoms with Crippen molar-refractivity contribution in [3.63, 3.8) is 0 Å². The first-order valence-corrected chi connectivity index (χ1v) is 7.10. The Balaban J connectivity index is 1.91. The molecule has 1 aromatic rings. The molecule has 114 valence electrons. The second-order valence-electron chi connectivity index (χ2n) is 4.94. The zero-order valence-corrected chi connectivity index (χ0v) is 12.5. The molecule has 0 bridgehead atoms. The molecule has 0 aromatic heterocycles. The summed E-state index contributed by atoms with van der Waals surface area (Å²) in [5, 5.41) is 3.07. The number of hydrogen-bond donors (Lipinski definition) is 1. The van der Waals surface area contributed by atoms with E-state index < -0.39 is 0 Å². The molecular weight excluding hydrogens is 268 g/mol. The van der Waals surface area contributed by atoms with Crippen LogP contribution >= 0.6 is 0 Å². The van der Waals surface area contributed by atoms with Gasteiger partial charge in [0.2, 0.25) is 5.91 Å². The number of benzene rings is 1. The van der Waals surface area contributed by atoms with E-state index >= 15 is 0 Å². The first kappa shape index (κ1) is 15.5. The molecule has 0 radical (unpaired) electrons. The lowest BCUT2D eigenvalue weighted by Gasteiger charge is -2.32. The predicted molar refractivity (Wildman–Crippen MR) is 82.3 cm³/mol. The van der Waals surface area contributed by atoms with Gasteiger partial charge in [-0.05, 0) is 30.8 Å². The maximum atomic E-state index is 12.2. The number of morpholine rings is 1. The molecule has 1 aliphatic heterocycles. The second-order valence-corrected chi connectivity index (χ2v) is 4.94. The van der Waals surface area contributed by atoms with E-state index in [1.54, 1.807) is 13.2 Å². The maximum absolute atomic E-state index is 12.2. The molecule has 1 heterocycles. The van der Waals surface area contributed by atoms with Gasteiger partial charge >= 0.3 is 0 Å². The summed E-state index contributed by atoms with van der Waals surface area (Å²) in [6.45, 7) is 2.62. The number of nitrogens with one attached hydrogen (secondary N) is 1. The number of hydrogen-bond acceptors (Lipinski definition) is 4.